The van der Waals surface area contributed by atoms with Gasteiger partial charge in [0, 0.05) is 24.1 Å². The second-order valence-corrected chi connectivity index (χ2v) is 5.40. The van der Waals surface area contributed by atoms with Crippen LogP contribution in [-0.2, 0) is 0 Å². The highest BCUT2D eigenvalue weighted by atomic mass is 14.7. The number of pyridine rings is 1. The van der Waals surface area contributed by atoms with Gasteiger partial charge in [0.2, 0.25) is 0 Å². The molecule has 2 aromatic carbocycles. The van der Waals surface area contributed by atoms with Gasteiger partial charge in [0.05, 0.1) is 29.0 Å². The van der Waals surface area contributed by atoms with Gasteiger partial charge in [0.15, 0.2) is 0 Å². The average molecular weight is 332 g/mol. The van der Waals surface area contributed by atoms with Crippen LogP contribution in [0.2, 0.25) is 0 Å². The maximum Gasteiger partial charge on any atom is 0.0992 e. The molecule has 0 amide bonds. The minimum Gasteiger partial charge on any atom is -0.256 e. The molecule has 0 saturated carbocycles. The lowest BCUT2D eigenvalue weighted by Gasteiger charge is -2.11. The first-order chi connectivity index (χ1) is 15.6. The third kappa shape index (κ3) is 3.27. The topological polar surface area (TPSA) is 60.5 Å². The van der Waals surface area contributed by atoms with E-state index in [1.165, 1.54) is 36.4 Å². The van der Waals surface area contributed by atoms with Gasteiger partial charge in [-0.1, -0.05) is 12.1 Å². The SMILES string of the molecule is [2H]C([2H])([2H])c1ccc(-c2cc(C([2H])([2H])[2H])c(C([2H])([2H])[2H])cn2)cc1-c1cc(C#N)cc(C#N)c1. The average Bonchev–Trinajstić information content (AvgIpc) is 2.76. The smallest absolute Gasteiger partial charge is 0.0992 e. The first kappa shape index (κ1) is 8.60. The van der Waals surface area contributed by atoms with E-state index < -0.39 is 26.1 Å². The highest BCUT2D eigenvalue weighted by molar-refractivity contribution is 5.76. The number of benzene rings is 2. The zero-order chi connectivity index (χ0) is 25.5. The summed E-state index contributed by atoms with van der Waals surface area (Å²) in [4.78, 5) is 4.13. The van der Waals surface area contributed by atoms with Crippen LogP contribution in [0.1, 0.15) is 40.2 Å². The number of aryl methyl sites for hydroxylation is 3. The van der Waals surface area contributed by atoms with Crippen molar-refractivity contribution >= 4 is 0 Å². The van der Waals surface area contributed by atoms with Gasteiger partial charge in [0.25, 0.3) is 0 Å². The van der Waals surface area contributed by atoms with Crippen LogP contribution in [-0.4, -0.2) is 4.98 Å². The van der Waals surface area contributed by atoms with E-state index in [0.29, 0.717) is 11.1 Å². The molecule has 0 aliphatic rings. The molecule has 120 valence electrons. The summed E-state index contributed by atoms with van der Waals surface area (Å²) < 4.78 is 69.8. The Bertz CT molecular complexity index is 1310. The van der Waals surface area contributed by atoms with Gasteiger partial charge in [-0.25, -0.2) is 0 Å². The maximum absolute atomic E-state index is 9.31. The number of nitriles is 2. The molecular formula is C22H17N3. The van der Waals surface area contributed by atoms with Crippen molar-refractivity contribution in [1.82, 2.24) is 4.98 Å². The van der Waals surface area contributed by atoms with Crippen molar-refractivity contribution in [3.8, 4) is 34.5 Å². The highest BCUT2D eigenvalue weighted by Gasteiger charge is 2.09. The van der Waals surface area contributed by atoms with E-state index in [1.807, 2.05) is 12.1 Å². The van der Waals surface area contributed by atoms with Gasteiger partial charge in [-0.2, -0.15) is 10.5 Å². The predicted octanol–water partition coefficient (Wildman–Crippen LogP) is 5.08. The Morgan fingerprint density at radius 1 is 0.800 bits per heavy atom. The van der Waals surface area contributed by atoms with Crippen molar-refractivity contribution in [2.45, 2.75) is 20.6 Å². The van der Waals surface area contributed by atoms with Crippen molar-refractivity contribution in [2.75, 3.05) is 0 Å². The van der Waals surface area contributed by atoms with Gasteiger partial charge in [-0.05, 0) is 78.7 Å². The summed E-state index contributed by atoms with van der Waals surface area (Å²) in [5.74, 6) is 0. The van der Waals surface area contributed by atoms with Crippen LogP contribution < -0.4 is 0 Å². The van der Waals surface area contributed by atoms with E-state index in [9.17, 15) is 10.5 Å². The van der Waals surface area contributed by atoms with Gasteiger partial charge in [-0.3, -0.25) is 4.98 Å². The molecule has 0 unspecified atom stereocenters. The van der Waals surface area contributed by atoms with Gasteiger partial charge < -0.3 is 0 Å². The molecule has 0 aliphatic heterocycles. The molecule has 0 aliphatic carbocycles. The predicted molar refractivity (Wildman–Crippen MR) is 98.8 cm³/mol. The summed E-state index contributed by atoms with van der Waals surface area (Å²) in [5, 5.41) is 18.6. The van der Waals surface area contributed by atoms with Gasteiger partial charge in [0.1, 0.15) is 0 Å². The molecule has 3 rings (SSSR count). The van der Waals surface area contributed by atoms with Crippen LogP contribution in [0.25, 0.3) is 22.4 Å². The fourth-order valence-electron chi connectivity index (χ4n) is 2.47. The van der Waals surface area contributed by atoms with Crippen LogP contribution >= 0.6 is 0 Å². The number of hydrogen-bond acceptors (Lipinski definition) is 3. The molecule has 25 heavy (non-hydrogen) atoms. The Morgan fingerprint density at radius 2 is 1.52 bits per heavy atom. The summed E-state index contributed by atoms with van der Waals surface area (Å²) in [7, 11) is 0. The normalized spacial score (nSPS) is 17.0. The monoisotopic (exact) mass is 332 g/mol. The molecular weight excluding hydrogens is 306 g/mol. The third-order valence-corrected chi connectivity index (χ3v) is 3.72. The molecule has 0 saturated heterocycles. The van der Waals surface area contributed by atoms with E-state index in [-0.39, 0.29) is 33.5 Å². The molecule has 0 spiro atoms. The van der Waals surface area contributed by atoms with Crippen LogP contribution in [0, 0.1) is 43.2 Å². The van der Waals surface area contributed by atoms with Crippen LogP contribution in [0.4, 0.5) is 0 Å². The Labute approximate surface area is 160 Å². The lowest BCUT2D eigenvalue weighted by molar-refractivity contribution is 1.22. The first-order valence-corrected chi connectivity index (χ1v) is 7.27. The molecule has 0 fully saturated rings. The quantitative estimate of drug-likeness (QED) is 0.657. The Kier molecular flexibility index (Phi) is 2.27. The Morgan fingerprint density at radius 3 is 2.16 bits per heavy atom. The fourth-order valence-corrected chi connectivity index (χ4v) is 2.47. The minimum absolute atomic E-state index is 0.0367. The van der Waals surface area contributed by atoms with E-state index in [1.54, 1.807) is 0 Å². The fraction of sp³-hybridized carbons (Fsp3) is 0.136. The van der Waals surface area contributed by atoms with Crippen LogP contribution in [0.15, 0.2) is 48.7 Å². The van der Waals surface area contributed by atoms with Crippen molar-refractivity contribution < 1.29 is 12.3 Å². The van der Waals surface area contributed by atoms with Crippen molar-refractivity contribution in [1.29, 1.82) is 10.5 Å². The van der Waals surface area contributed by atoms with Gasteiger partial charge >= 0.3 is 0 Å². The standard InChI is InChI=1S/C22H17N3/c1-14-4-5-19(22-6-15(2)16(3)13-25-22)10-21(14)20-8-17(11-23)7-18(9-20)12-24/h4-10,13H,1-3H3/i1D3,2D3,3D3. The Hall–Kier alpha value is -3.43. The molecule has 3 heteroatoms. The van der Waals surface area contributed by atoms with E-state index >= 15 is 0 Å². The maximum atomic E-state index is 9.31. The van der Waals surface area contributed by atoms with E-state index in [4.69, 9.17) is 12.3 Å². The molecule has 0 atom stereocenters. The molecule has 1 aromatic heterocycles. The number of aromatic nitrogens is 1. The first-order valence-electron chi connectivity index (χ1n) is 11.8. The third-order valence-electron chi connectivity index (χ3n) is 3.72. The van der Waals surface area contributed by atoms with E-state index in [2.05, 4.69) is 4.98 Å². The van der Waals surface area contributed by atoms with Crippen molar-refractivity contribution in [2.24, 2.45) is 0 Å². The lowest BCUT2D eigenvalue weighted by atomic mass is 9.94. The van der Waals surface area contributed by atoms with Crippen molar-refractivity contribution in [3.05, 3.63) is 76.5 Å². The highest BCUT2D eigenvalue weighted by Crippen LogP contribution is 2.30. The molecule has 0 N–H and O–H groups in total. The lowest BCUT2D eigenvalue weighted by Crippen LogP contribution is -1.91. The second kappa shape index (κ2) is 6.59. The van der Waals surface area contributed by atoms with Gasteiger partial charge in [-0.15, -0.1) is 0 Å². The number of nitrogens with zero attached hydrogens (tertiary/aromatic N) is 3. The molecule has 0 radical (unpaired) electrons. The van der Waals surface area contributed by atoms with Crippen molar-refractivity contribution in [3.63, 3.8) is 0 Å². The summed E-state index contributed by atoms with van der Waals surface area (Å²) in [6.45, 7) is -7.92. The summed E-state index contributed by atoms with van der Waals surface area (Å²) in [5.41, 5.74) is 0.531. The zero-order valence-electron chi connectivity index (χ0n) is 22.0. The Balaban J connectivity index is 2.30. The summed E-state index contributed by atoms with van der Waals surface area (Å²) in [6.07, 6.45) is 0.992. The molecule has 0 bridgehead atoms. The second-order valence-electron chi connectivity index (χ2n) is 5.40. The molecule has 1 heterocycles. The summed E-state index contributed by atoms with van der Waals surface area (Å²) in [6, 6.07) is 13.6. The molecule has 3 aromatic rings. The summed E-state index contributed by atoms with van der Waals surface area (Å²) >= 11 is 0. The number of rotatable bonds is 2. The largest absolute Gasteiger partial charge is 0.256 e. The minimum atomic E-state index is -2.72. The number of hydrogen-bond donors (Lipinski definition) is 0. The van der Waals surface area contributed by atoms with E-state index in [0.717, 1.165) is 12.3 Å². The van der Waals surface area contributed by atoms with Crippen LogP contribution in [0.5, 0.6) is 0 Å². The molecule has 3 nitrogen and oxygen atoms in total. The van der Waals surface area contributed by atoms with Crippen LogP contribution in [0.3, 0.4) is 0 Å². The zero-order valence-corrected chi connectivity index (χ0v) is 13.0.